The first-order valence-corrected chi connectivity index (χ1v) is 6.93. The Balaban J connectivity index is 1.95. The summed E-state index contributed by atoms with van der Waals surface area (Å²) in [6.45, 7) is 3.66. The van der Waals surface area contributed by atoms with E-state index in [1.54, 1.807) is 19.1 Å². The Morgan fingerprint density at radius 1 is 1.05 bits per heavy atom. The number of benzene rings is 2. The summed E-state index contributed by atoms with van der Waals surface area (Å²) < 4.78 is 5.76. The third-order valence-electron chi connectivity index (χ3n) is 3.27. The zero-order valence-corrected chi connectivity index (χ0v) is 12.2. The van der Waals surface area contributed by atoms with Crippen LogP contribution < -0.4 is 11.1 Å². The van der Waals surface area contributed by atoms with E-state index < -0.39 is 6.10 Å². The summed E-state index contributed by atoms with van der Waals surface area (Å²) in [6.07, 6.45) is -0.722. The maximum atomic E-state index is 12.1. The van der Waals surface area contributed by atoms with Crippen molar-refractivity contribution < 1.29 is 9.53 Å². The molecule has 0 bridgehead atoms. The van der Waals surface area contributed by atoms with Gasteiger partial charge >= 0.3 is 0 Å². The summed E-state index contributed by atoms with van der Waals surface area (Å²) in [5.74, 6) is -0.212. The summed E-state index contributed by atoms with van der Waals surface area (Å²) in [5, 5.41) is 2.78. The lowest BCUT2D eigenvalue weighted by Gasteiger charge is -2.19. The number of nitrogens with two attached hydrogens (primary N) is 1. The quantitative estimate of drug-likeness (QED) is 0.827. The van der Waals surface area contributed by atoms with Crippen LogP contribution in [0.25, 0.3) is 0 Å². The lowest BCUT2D eigenvalue weighted by Crippen LogP contribution is -2.29. The van der Waals surface area contributed by atoms with Crippen LogP contribution in [0.4, 0.5) is 11.4 Å². The van der Waals surface area contributed by atoms with E-state index in [1.807, 2.05) is 49.4 Å². The van der Waals surface area contributed by atoms with Crippen molar-refractivity contribution >= 4 is 17.3 Å². The van der Waals surface area contributed by atoms with Crippen LogP contribution >= 0.6 is 0 Å². The van der Waals surface area contributed by atoms with Crippen molar-refractivity contribution in [2.75, 3.05) is 11.1 Å². The molecule has 1 amide bonds. The Morgan fingerprint density at radius 2 is 1.67 bits per heavy atom. The van der Waals surface area contributed by atoms with E-state index >= 15 is 0 Å². The van der Waals surface area contributed by atoms with Crippen LogP contribution in [0.5, 0.6) is 0 Å². The molecule has 0 fully saturated rings. The van der Waals surface area contributed by atoms with Gasteiger partial charge in [-0.1, -0.05) is 42.5 Å². The summed E-state index contributed by atoms with van der Waals surface area (Å²) in [6, 6.07) is 17.0. The Morgan fingerprint density at radius 3 is 2.33 bits per heavy atom. The standard InChI is InChI=1S/C17H20N2O2/c1-12(14-8-4-3-5-9-14)21-13(2)17(20)19-16-11-7-6-10-15(16)18/h3-13H,18H2,1-2H3,(H,19,20). The molecule has 2 rings (SSSR count). The average molecular weight is 284 g/mol. The molecular weight excluding hydrogens is 264 g/mol. The van der Waals surface area contributed by atoms with Crippen molar-refractivity contribution in [1.82, 2.24) is 0 Å². The van der Waals surface area contributed by atoms with Gasteiger partial charge in [0.15, 0.2) is 0 Å². The van der Waals surface area contributed by atoms with Gasteiger partial charge in [-0.2, -0.15) is 0 Å². The highest BCUT2D eigenvalue weighted by molar-refractivity contribution is 5.96. The highest BCUT2D eigenvalue weighted by atomic mass is 16.5. The monoisotopic (exact) mass is 284 g/mol. The minimum Gasteiger partial charge on any atom is -0.397 e. The van der Waals surface area contributed by atoms with Crippen LogP contribution in [0.3, 0.4) is 0 Å². The largest absolute Gasteiger partial charge is 0.397 e. The molecular formula is C17H20N2O2. The third kappa shape index (κ3) is 4.07. The lowest BCUT2D eigenvalue weighted by atomic mass is 10.1. The first-order chi connectivity index (χ1) is 10.1. The summed E-state index contributed by atoms with van der Waals surface area (Å²) in [4.78, 5) is 12.1. The normalized spacial score (nSPS) is 13.4. The van der Waals surface area contributed by atoms with Gasteiger partial charge in [-0.3, -0.25) is 4.79 Å². The van der Waals surface area contributed by atoms with Gasteiger partial charge in [0.1, 0.15) is 6.10 Å². The molecule has 2 aromatic carbocycles. The minimum atomic E-state index is -0.570. The van der Waals surface area contributed by atoms with Crippen molar-refractivity contribution in [3.8, 4) is 0 Å². The summed E-state index contributed by atoms with van der Waals surface area (Å²) in [7, 11) is 0. The Bertz CT molecular complexity index is 599. The van der Waals surface area contributed by atoms with Crippen molar-refractivity contribution in [2.45, 2.75) is 26.1 Å². The number of hydrogen-bond donors (Lipinski definition) is 2. The fourth-order valence-corrected chi connectivity index (χ4v) is 2.02. The van der Waals surface area contributed by atoms with Crippen LogP contribution in [0.15, 0.2) is 54.6 Å². The molecule has 2 atom stereocenters. The number of ether oxygens (including phenoxy) is 1. The summed E-state index contributed by atoms with van der Waals surface area (Å²) in [5.41, 5.74) is 7.98. The van der Waals surface area contributed by atoms with Crippen LogP contribution in [-0.4, -0.2) is 12.0 Å². The number of hydrogen-bond acceptors (Lipinski definition) is 3. The topological polar surface area (TPSA) is 64.3 Å². The molecule has 0 aliphatic carbocycles. The van der Waals surface area contributed by atoms with Gasteiger partial charge < -0.3 is 15.8 Å². The van der Waals surface area contributed by atoms with Gasteiger partial charge in [0.05, 0.1) is 17.5 Å². The molecule has 110 valence electrons. The zero-order valence-electron chi connectivity index (χ0n) is 12.2. The predicted molar refractivity (Wildman–Crippen MR) is 84.9 cm³/mol. The van der Waals surface area contributed by atoms with Gasteiger partial charge in [-0.15, -0.1) is 0 Å². The van der Waals surface area contributed by atoms with Gasteiger partial charge in [0.25, 0.3) is 5.91 Å². The highest BCUT2D eigenvalue weighted by Crippen LogP contribution is 2.20. The first kappa shape index (κ1) is 15.1. The van der Waals surface area contributed by atoms with Gasteiger partial charge in [0.2, 0.25) is 0 Å². The molecule has 0 aromatic heterocycles. The Hall–Kier alpha value is -2.33. The molecule has 0 spiro atoms. The molecule has 0 aliphatic heterocycles. The molecule has 4 nitrogen and oxygen atoms in total. The van der Waals surface area contributed by atoms with Crippen LogP contribution in [0.2, 0.25) is 0 Å². The number of anilines is 2. The Kier molecular flexibility index (Phi) is 4.95. The van der Waals surface area contributed by atoms with E-state index in [0.717, 1.165) is 5.56 Å². The van der Waals surface area contributed by atoms with Gasteiger partial charge in [-0.05, 0) is 31.5 Å². The number of amides is 1. The summed E-state index contributed by atoms with van der Waals surface area (Å²) >= 11 is 0. The maximum absolute atomic E-state index is 12.1. The molecule has 3 N–H and O–H groups in total. The number of nitrogens with one attached hydrogen (secondary N) is 1. The Labute approximate surface area is 124 Å². The molecule has 0 heterocycles. The van der Waals surface area contributed by atoms with E-state index in [-0.39, 0.29) is 12.0 Å². The van der Waals surface area contributed by atoms with Crippen LogP contribution in [0, 0.1) is 0 Å². The second kappa shape index (κ2) is 6.90. The van der Waals surface area contributed by atoms with Crippen molar-refractivity contribution in [1.29, 1.82) is 0 Å². The van der Waals surface area contributed by atoms with E-state index in [1.165, 1.54) is 0 Å². The fraction of sp³-hybridized carbons (Fsp3) is 0.235. The van der Waals surface area contributed by atoms with E-state index in [2.05, 4.69) is 5.32 Å². The highest BCUT2D eigenvalue weighted by Gasteiger charge is 2.18. The minimum absolute atomic E-state index is 0.153. The maximum Gasteiger partial charge on any atom is 0.253 e. The van der Waals surface area contributed by atoms with E-state index in [9.17, 15) is 4.79 Å². The molecule has 0 saturated carbocycles. The number of carbonyl (C=O) groups is 1. The molecule has 0 aliphatic rings. The second-order valence-corrected chi connectivity index (χ2v) is 4.91. The molecule has 2 aromatic rings. The molecule has 4 heteroatoms. The third-order valence-corrected chi connectivity index (χ3v) is 3.27. The number of nitrogen functional groups attached to an aromatic ring is 1. The number of carbonyl (C=O) groups excluding carboxylic acids is 1. The lowest BCUT2D eigenvalue weighted by molar-refractivity contribution is -0.129. The fourth-order valence-electron chi connectivity index (χ4n) is 2.02. The zero-order chi connectivity index (χ0) is 15.2. The molecule has 21 heavy (non-hydrogen) atoms. The van der Waals surface area contributed by atoms with E-state index in [4.69, 9.17) is 10.5 Å². The SMILES string of the molecule is CC(OC(C)c1ccccc1)C(=O)Nc1ccccc1N. The van der Waals surface area contributed by atoms with Crippen molar-refractivity contribution in [3.63, 3.8) is 0 Å². The molecule has 0 radical (unpaired) electrons. The first-order valence-electron chi connectivity index (χ1n) is 6.93. The second-order valence-electron chi connectivity index (χ2n) is 4.91. The smallest absolute Gasteiger partial charge is 0.253 e. The number of para-hydroxylation sites is 2. The van der Waals surface area contributed by atoms with Crippen molar-refractivity contribution in [3.05, 3.63) is 60.2 Å². The average Bonchev–Trinajstić information content (AvgIpc) is 2.50. The van der Waals surface area contributed by atoms with E-state index in [0.29, 0.717) is 11.4 Å². The van der Waals surface area contributed by atoms with Crippen LogP contribution in [-0.2, 0) is 9.53 Å². The van der Waals surface area contributed by atoms with Gasteiger partial charge in [-0.25, -0.2) is 0 Å². The van der Waals surface area contributed by atoms with Crippen LogP contribution in [0.1, 0.15) is 25.5 Å². The number of rotatable bonds is 5. The molecule has 2 unspecified atom stereocenters. The molecule has 0 saturated heterocycles. The predicted octanol–water partition coefficient (Wildman–Crippen LogP) is 3.37. The van der Waals surface area contributed by atoms with Crippen molar-refractivity contribution in [2.24, 2.45) is 0 Å². The van der Waals surface area contributed by atoms with Gasteiger partial charge in [0, 0.05) is 0 Å².